The quantitative estimate of drug-likeness (QED) is 0.402. The molecular formula is C22H17ClN2. The topological polar surface area (TPSA) is 25.8 Å². The van der Waals surface area contributed by atoms with Gasteiger partial charge in [-0.25, -0.2) is 9.97 Å². The Hall–Kier alpha value is -2.71. The molecule has 25 heavy (non-hydrogen) atoms. The fourth-order valence-electron chi connectivity index (χ4n) is 3.25. The molecule has 0 amide bonds. The van der Waals surface area contributed by atoms with E-state index in [0.717, 1.165) is 22.2 Å². The fraction of sp³-hybridized carbons (Fsp3) is 0.0909. The molecule has 122 valence electrons. The second-order valence-electron chi connectivity index (χ2n) is 6.21. The molecular weight excluding hydrogens is 328 g/mol. The zero-order valence-corrected chi connectivity index (χ0v) is 14.9. The Morgan fingerprint density at radius 1 is 0.720 bits per heavy atom. The van der Waals surface area contributed by atoms with Gasteiger partial charge in [0.1, 0.15) is 0 Å². The van der Waals surface area contributed by atoms with Crippen LogP contribution in [0.4, 0.5) is 0 Å². The van der Waals surface area contributed by atoms with Crippen molar-refractivity contribution in [2.24, 2.45) is 0 Å². The summed E-state index contributed by atoms with van der Waals surface area (Å²) in [5.41, 5.74) is 7.69. The second-order valence-corrected chi connectivity index (χ2v) is 6.54. The lowest BCUT2D eigenvalue weighted by Crippen LogP contribution is -1.95. The maximum atomic E-state index is 6.17. The van der Waals surface area contributed by atoms with Gasteiger partial charge in [-0.3, -0.25) is 0 Å². The van der Waals surface area contributed by atoms with E-state index in [2.05, 4.69) is 60.2 Å². The van der Waals surface area contributed by atoms with E-state index in [0.29, 0.717) is 0 Å². The molecule has 4 rings (SSSR count). The van der Waals surface area contributed by atoms with Crippen LogP contribution in [-0.4, -0.2) is 9.97 Å². The first-order valence-corrected chi connectivity index (χ1v) is 8.60. The SMILES string of the molecule is Cc1cc(-c2nc(Cl)nc3ccccc23)c(C)cc1-c1ccccc1. The molecule has 4 aromatic rings. The van der Waals surface area contributed by atoms with Crippen molar-refractivity contribution in [2.45, 2.75) is 13.8 Å². The van der Waals surface area contributed by atoms with Gasteiger partial charge in [0, 0.05) is 10.9 Å². The van der Waals surface area contributed by atoms with E-state index < -0.39 is 0 Å². The first kappa shape index (κ1) is 15.8. The van der Waals surface area contributed by atoms with Crippen LogP contribution in [0, 0.1) is 13.8 Å². The van der Waals surface area contributed by atoms with Crippen molar-refractivity contribution in [2.75, 3.05) is 0 Å². The highest BCUT2D eigenvalue weighted by atomic mass is 35.5. The van der Waals surface area contributed by atoms with Gasteiger partial charge in [0.05, 0.1) is 11.2 Å². The number of nitrogens with zero attached hydrogens (tertiary/aromatic N) is 2. The van der Waals surface area contributed by atoms with E-state index in [1.165, 1.54) is 22.3 Å². The van der Waals surface area contributed by atoms with Crippen LogP contribution in [0.3, 0.4) is 0 Å². The molecule has 0 atom stereocenters. The lowest BCUT2D eigenvalue weighted by Gasteiger charge is -2.14. The summed E-state index contributed by atoms with van der Waals surface area (Å²) in [6, 6.07) is 22.8. The van der Waals surface area contributed by atoms with E-state index in [-0.39, 0.29) is 5.28 Å². The Morgan fingerprint density at radius 3 is 2.16 bits per heavy atom. The highest BCUT2D eigenvalue weighted by molar-refractivity contribution is 6.28. The molecule has 2 nitrogen and oxygen atoms in total. The van der Waals surface area contributed by atoms with Gasteiger partial charge in [0.2, 0.25) is 5.28 Å². The summed E-state index contributed by atoms with van der Waals surface area (Å²) in [6.07, 6.45) is 0. The summed E-state index contributed by atoms with van der Waals surface area (Å²) in [6.45, 7) is 4.25. The first-order valence-electron chi connectivity index (χ1n) is 8.23. The maximum absolute atomic E-state index is 6.17. The van der Waals surface area contributed by atoms with Crippen molar-refractivity contribution in [3.63, 3.8) is 0 Å². The van der Waals surface area contributed by atoms with Crippen molar-refractivity contribution in [1.29, 1.82) is 0 Å². The predicted molar refractivity (Wildman–Crippen MR) is 105 cm³/mol. The maximum Gasteiger partial charge on any atom is 0.223 e. The van der Waals surface area contributed by atoms with Gasteiger partial charge in [-0.2, -0.15) is 0 Å². The summed E-state index contributed by atoms with van der Waals surface area (Å²) in [5, 5.41) is 1.29. The summed E-state index contributed by atoms with van der Waals surface area (Å²) >= 11 is 6.17. The number of aryl methyl sites for hydroxylation is 2. The molecule has 0 unspecified atom stereocenters. The van der Waals surface area contributed by atoms with Crippen LogP contribution in [0.5, 0.6) is 0 Å². The van der Waals surface area contributed by atoms with Crippen LogP contribution in [0.1, 0.15) is 11.1 Å². The molecule has 1 aromatic heterocycles. The Balaban J connectivity index is 1.95. The molecule has 0 saturated heterocycles. The average molecular weight is 345 g/mol. The van der Waals surface area contributed by atoms with Gasteiger partial charge in [-0.15, -0.1) is 0 Å². The Labute approximate surface area is 152 Å². The molecule has 0 fully saturated rings. The number of hydrogen-bond acceptors (Lipinski definition) is 2. The average Bonchev–Trinajstić information content (AvgIpc) is 2.63. The standard InChI is InChI=1S/C22H17ClN2/c1-14-13-19(15(2)12-18(14)16-8-4-3-5-9-16)21-17-10-6-7-11-20(17)24-22(23)25-21/h3-13H,1-2H3. The third-order valence-corrected chi connectivity index (χ3v) is 4.66. The van der Waals surface area contributed by atoms with Crippen LogP contribution >= 0.6 is 11.6 Å². The number of aromatic nitrogens is 2. The lowest BCUT2D eigenvalue weighted by molar-refractivity contribution is 1.22. The molecule has 0 aliphatic heterocycles. The van der Waals surface area contributed by atoms with Crippen LogP contribution in [-0.2, 0) is 0 Å². The first-order chi connectivity index (χ1) is 12.1. The van der Waals surface area contributed by atoms with Gasteiger partial charge in [0.25, 0.3) is 0 Å². The number of para-hydroxylation sites is 1. The summed E-state index contributed by atoms with van der Waals surface area (Å²) in [5.74, 6) is 0. The highest BCUT2D eigenvalue weighted by Gasteiger charge is 2.13. The van der Waals surface area contributed by atoms with E-state index in [1.54, 1.807) is 0 Å². The molecule has 0 spiro atoms. The summed E-state index contributed by atoms with van der Waals surface area (Å²) in [7, 11) is 0. The van der Waals surface area contributed by atoms with Crippen molar-refractivity contribution in [3.05, 3.63) is 83.1 Å². The number of benzene rings is 3. The summed E-state index contributed by atoms with van der Waals surface area (Å²) < 4.78 is 0. The molecule has 0 radical (unpaired) electrons. The van der Waals surface area contributed by atoms with Gasteiger partial charge in [0.15, 0.2) is 0 Å². The molecule has 0 N–H and O–H groups in total. The minimum absolute atomic E-state index is 0.276. The van der Waals surface area contributed by atoms with Gasteiger partial charge in [-0.1, -0.05) is 54.6 Å². The second kappa shape index (κ2) is 6.30. The lowest BCUT2D eigenvalue weighted by atomic mass is 9.93. The van der Waals surface area contributed by atoms with E-state index in [9.17, 15) is 0 Å². The molecule has 3 heteroatoms. The number of halogens is 1. The van der Waals surface area contributed by atoms with Crippen LogP contribution in [0.25, 0.3) is 33.3 Å². The van der Waals surface area contributed by atoms with Gasteiger partial charge < -0.3 is 0 Å². The van der Waals surface area contributed by atoms with Crippen molar-refractivity contribution >= 4 is 22.5 Å². The Kier molecular flexibility index (Phi) is 3.98. The van der Waals surface area contributed by atoms with Gasteiger partial charge >= 0.3 is 0 Å². The molecule has 0 bridgehead atoms. The zero-order chi connectivity index (χ0) is 17.4. The van der Waals surface area contributed by atoms with Crippen molar-refractivity contribution in [1.82, 2.24) is 9.97 Å². The third-order valence-electron chi connectivity index (χ3n) is 4.49. The monoisotopic (exact) mass is 344 g/mol. The number of hydrogen-bond donors (Lipinski definition) is 0. The molecule has 0 saturated carbocycles. The summed E-state index contributed by atoms with van der Waals surface area (Å²) in [4.78, 5) is 8.86. The number of fused-ring (bicyclic) bond motifs is 1. The Bertz CT molecular complexity index is 1070. The minimum Gasteiger partial charge on any atom is -0.218 e. The fourth-order valence-corrected chi connectivity index (χ4v) is 3.43. The Morgan fingerprint density at radius 2 is 1.36 bits per heavy atom. The highest BCUT2D eigenvalue weighted by Crippen LogP contribution is 2.34. The molecule has 0 aliphatic rings. The number of rotatable bonds is 2. The normalized spacial score (nSPS) is 11.0. The smallest absolute Gasteiger partial charge is 0.218 e. The van der Waals surface area contributed by atoms with Crippen molar-refractivity contribution in [3.8, 4) is 22.4 Å². The minimum atomic E-state index is 0.276. The largest absolute Gasteiger partial charge is 0.223 e. The molecule has 0 aliphatic carbocycles. The molecule has 3 aromatic carbocycles. The van der Waals surface area contributed by atoms with E-state index in [4.69, 9.17) is 11.6 Å². The van der Waals surface area contributed by atoms with Crippen LogP contribution in [0.15, 0.2) is 66.7 Å². The molecule has 1 heterocycles. The van der Waals surface area contributed by atoms with E-state index in [1.807, 2.05) is 30.3 Å². The third kappa shape index (κ3) is 2.90. The van der Waals surface area contributed by atoms with Crippen LogP contribution in [0.2, 0.25) is 5.28 Å². The van der Waals surface area contributed by atoms with Crippen LogP contribution < -0.4 is 0 Å². The van der Waals surface area contributed by atoms with Gasteiger partial charge in [-0.05, 0) is 59.8 Å². The van der Waals surface area contributed by atoms with Crippen molar-refractivity contribution < 1.29 is 0 Å². The predicted octanol–water partition coefficient (Wildman–Crippen LogP) is 6.23. The zero-order valence-electron chi connectivity index (χ0n) is 14.1. The van der Waals surface area contributed by atoms with E-state index >= 15 is 0 Å².